The number of amides is 1. The molecule has 1 saturated heterocycles. The fraction of sp³-hybridized carbons (Fsp3) is 0.350. The number of nitrogens with one attached hydrogen (secondary N) is 1. The lowest BCUT2D eigenvalue weighted by atomic mass is 10.1. The highest BCUT2D eigenvalue weighted by Gasteiger charge is 2.18. The van der Waals surface area contributed by atoms with E-state index in [1.54, 1.807) is 0 Å². The van der Waals surface area contributed by atoms with Crippen LogP contribution < -0.4 is 10.1 Å². The second-order valence-corrected chi connectivity index (χ2v) is 7.01. The summed E-state index contributed by atoms with van der Waals surface area (Å²) in [6, 6.07) is 11.4. The van der Waals surface area contributed by atoms with Crippen molar-refractivity contribution in [2.45, 2.75) is 25.4 Å². The molecule has 3 rings (SSSR count). The van der Waals surface area contributed by atoms with Crippen molar-refractivity contribution >= 4 is 23.2 Å². The first-order valence-electron chi connectivity index (χ1n) is 8.68. The van der Waals surface area contributed by atoms with Crippen LogP contribution in [0.4, 0.5) is 10.1 Å². The molecule has 0 aromatic heterocycles. The van der Waals surface area contributed by atoms with Crippen molar-refractivity contribution in [2.24, 2.45) is 0 Å². The number of carbonyl (C=O) groups excluding carboxylic acids is 1. The Balaban J connectivity index is 1.52. The highest BCUT2D eigenvalue weighted by Crippen LogP contribution is 2.22. The summed E-state index contributed by atoms with van der Waals surface area (Å²) in [6.07, 6.45) is 2.38. The molecule has 1 amide bonds. The number of piperidine rings is 1. The Kier molecular flexibility index (Phi) is 6.12. The summed E-state index contributed by atoms with van der Waals surface area (Å²) in [5.74, 6) is 0.181. The molecule has 1 aliphatic heterocycles. The Morgan fingerprint density at radius 3 is 2.58 bits per heavy atom. The molecule has 0 unspecified atom stereocenters. The van der Waals surface area contributed by atoms with Gasteiger partial charge in [-0.2, -0.15) is 0 Å². The molecule has 1 fully saturated rings. The van der Waals surface area contributed by atoms with Crippen LogP contribution in [0.1, 0.15) is 18.4 Å². The lowest BCUT2D eigenvalue weighted by Crippen LogP contribution is -2.35. The molecule has 2 aromatic carbocycles. The van der Waals surface area contributed by atoms with E-state index in [1.807, 2.05) is 24.3 Å². The Hall–Kier alpha value is -2.11. The predicted octanol–water partition coefficient (Wildman–Crippen LogP) is 4.13. The number of nitrogens with zero attached hydrogens (tertiary/aromatic N) is 1. The molecule has 0 aliphatic carbocycles. The van der Waals surface area contributed by atoms with Gasteiger partial charge in [0.1, 0.15) is 17.7 Å². The molecule has 6 heteroatoms. The maximum absolute atomic E-state index is 13.1. The van der Waals surface area contributed by atoms with Gasteiger partial charge in [-0.1, -0.05) is 17.7 Å². The largest absolute Gasteiger partial charge is 0.490 e. The minimum absolute atomic E-state index is 0.0902. The van der Waals surface area contributed by atoms with Crippen molar-refractivity contribution in [2.75, 3.05) is 25.5 Å². The van der Waals surface area contributed by atoms with Crippen LogP contribution in [-0.2, 0) is 11.2 Å². The second kappa shape index (κ2) is 8.52. The number of benzene rings is 2. The fourth-order valence-corrected chi connectivity index (χ4v) is 3.19. The maximum atomic E-state index is 13.1. The van der Waals surface area contributed by atoms with E-state index in [-0.39, 0.29) is 23.5 Å². The van der Waals surface area contributed by atoms with Gasteiger partial charge in [-0.05, 0) is 61.9 Å². The summed E-state index contributed by atoms with van der Waals surface area (Å²) < 4.78 is 19.1. The van der Waals surface area contributed by atoms with Crippen LogP contribution in [0.5, 0.6) is 5.75 Å². The van der Waals surface area contributed by atoms with Crippen LogP contribution in [0.3, 0.4) is 0 Å². The van der Waals surface area contributed by atoms with Crippen molar-refractivity contribution in [1.82, 2.24) is 4.90 Å². The van der Waals surface area contributed by atoms with E-state index in [9.17, 15) is 9.18 Å². The van der Waals surface area contributed by atoms with Crippen molar-refractivity contribution in [3.05, 3.63) is 58.9 Å². The average Bonchev–Trinajstić information content (AvgIpc) is 2.61. The fourth-order valence-electron chi connectivity index (χ4n) is 2.96. The van der Waals surface area contributed by atoms with Gasteiger partial charge in [-0.3, -0.25) is 4.79 Å². The number of likely N-dealkylation sites (tertiary alicyclic amines) is 1. The molecule has 2 aromatic rings. The summed E-state index contributed by atoms with van der Waals surface area (Å²) >= 11 is 5.96. The normalized spacial score (nSPS) is 15.7. The van der Waals surface area contributed by atoms with Gasteiger partial charge in [0, 0.05) is 23.8 Å². The van der Waals surface area contributed by atoms with Crippen LogP contribution in [0.2, 0.25) is 5.02 Å². The van der Waals surface area contributed by atoms with E-state index >= 15 is 0 Å². The van der Waals surface area contributed by atoms with E-state index in [2.05, 4.69) is 17.3 Å². The van der Waals surface area contributed by atoms with E-state index in [1.165, 1.54) is 18.2 Å². The minimum Gasteiger partial charge on any atom is -0.490 e. The molecular weight excluding hydrogens is 355 g/mol. The molecule has 0 saturated carbocycles. The van der Waals surface area contributed by atoms with Crippen molar-refractivity contribution in [3.8, 4) is 5.75 Å². The van der Waals surface area contributed by atoms with Crippen LogP contribution in [0, 0.1) is 5.82 Å². The average molecular weight is 377 g/mol. The number of anilines is 1. The lowest BCUT2D eigenvalue weighted by Gasteiger charge is -2.29. The summed E-state index contributed by atoms with van der Waals surface area (Å²) in [6.45, 7) is 2.09. The SMILES string of the molecule is CN1CCC(Oc2ccc(NC(=O)Cc3ccc(F)cc3Cl)cc2)CC1. The van der Waals surface area contributed by atoms with Gasteiger partial charge >= 0.3 is 0 Å². The van der Waals surface area contributed by atoms with Crippen molar-refractivity contribution in [1.29, 1.82) is 0 Å². The zero-order valence-corrected chi connectivity index (χ0v) is 15.4. The van der Waals surface area contributed by atoms with E-state index < -0.39 is 5.82 Å². The summed E-state index contributed by atoms with van der Waals surface area (Å²) in [4.78, 5) is 14.4. The summed E-state index contributed by atoms with van der Waals surface area (Å²) in [7, 11) is 2.12. The quantitative estimate of drug-likeness (QED) is 0.853. The van der Waals surface area contributed by atoms with Crippen LogP contribution in [-0.4, -0.2) is 37.0 Å². The Morgan fingerprint density at radius 1 is 1.23 bits per heavy atom. The molecule has 138 valence electrons. The number of hydrogen-bond acceptors (Lipinski definition) is 3. The van der Waals surface area contributed by atoms with E-state index in [0.717, 1.165) is 31.7 Å². The Labute approximate surface area is 157 Å². The molecule has 0 atom stereocenters. The highest BCUT2D eigenvalue weighted by atomic mass is 35.5. The van der Waals surface area contributed by atoms with Crippen molar-refractivity contribution in [3.63, 3.8) is 0 Å². The lowest BCUT2D eigenvalue weighted by molar-refractivity contribution is -0.115. The minimum atomic E-state index is -0.417. The third-order valence-electron chi connectivity index (χ3n) is 4.47. The third kappa shape index (κ3) is 5.19. The molecule has 0 radical (unpaired) electrons. The molecule has 0 spiro atoms. The number of halogens is 2. The molecule has 4 nitrogen and oxygen atoms in total. The first kappa shape index (κ1) is 18.7. The molecule has 0 bridgehead atoms. The monoisotopic (exact) mass is 376 g/mol. The third-order valence-corrected chi connectivity index (χ3v) is 4.82. The summed E-state index contributed by atoms with van der Waals surface area (Å²) in [5.41, 5.74) is 1.27. The van der Waals surface area contributed by atoms with Gasteiger partial charge in [0.15, 0.2) is 0 Å². The van der Waals surface area contributed by atoms with Gasteiger partial charge in [0.05, 0.1) is 6.42 Å². The number of ether oxygens (including phenoxy) is 1. The van der Waals surface area contributed by atoms with Crippen molar-refractivity contribution < 1.29 is 13.9 Å². The van der Waals surface area contributed by atoms with Gasteiger partial charge < -0.3 is 15.0 Å². The zero-order valence-electron chi connectivity index (χ0n) is 14.7. The Bertz CT molecular complexity index is 759. The van der Waals surface area contributed by atoms with Crippen LogP contribution >= 0.6 is 11.6 Å². The first-order chi connectivity index (χ1) is 12.5. The maximum Gasteiger partial charge on any atom is 0.228 e. The topological polar surface area (TPSA) is 41.6 Å². The number of carbonyl (C=O) groups is 1. The Morgan fingerprint density at radius 2 is 1.92 bits per heavy atom. The first-order valence-corrected chi connectivity index (χ1v) is 9.06. The number of hydrogen-bond donors (Lipinski definition) is 1. The molecular formula is C20H22ClFN2O2. The van der Waals surface area contributed by atoms with Gasteiger partial charge in [-0.15, -0.1) is 0 Å². The number of rotatable bonds is 5. The standard InChI is InChI=1S/C20H22ClFN2O2/c1-24-10-8-18(9-11-24)26-17-6-4-16(5-7-17)23-20(25)12-14-2-3-15(22)13-19(14)21/h2-7,13,18H,8-12H2,1H3,(H,23,25). The van der Waals surface area contributed by atoms with Gasteiger partial charge in [0.25, 0.3) is 0 Å². The van der Waals surface area contributed by atoms with Crippen LogP contribution in [0.15, 0.2) is 42.5 Å². The predicted molar refractivity (Wildman–Crippen MR) is 101 cm³/mol. The van der Waals surface area contributed by atoms with Crippen LogP contribution in [0.25, 0.3) is 0 Å². The molecule has 26 heavy (non-hydrogen) atoms. The van der Waals surface area contributed by atoms with Gasteiger partial charge in [-0.25, -0.2) is 4.39 Å². The summed E-state index contributed by atoms with van der Waals surface area (Å²) in [5, 5.41) is 3.07. The van der Waals surface area contributed by atoms with Gasteiger partial charge in [0.2, 0.25) is 5.91 Å². The second-order valence-electron chi connectivity index (χ2n) is 6.61. The molecule has 1 heterocycles. The smallest absolute Gasteiger partial charge is 0.228 e. The zero-order chi connectivity index (χ0) is 18.5. The molecule has 1 N–H and O–H groups in total. The molecule has 1 aliphatic rings. The van der Waals surface area contributed by atoms with E-state index in [0.29, 0.717) is 11.3 Å². The van der Waals surface area contributed by atoms with E-state index in [4.69, 9.17) is 16.3 Å². The highest BCUT2D eigenvalue weighted by molar-refractivity contribution is 6.31.